The molecule has 2 atom stereocenters. The van der Waals surface area contributed by atoms with Gasteiger partial charge < -0.3 is 0 Å². The summed E-state index contributed by atoms with van der Waals surface area (Å²) in [7, 11) is 0. The first-order valence-electron chi connectivity index (χ1n) is 7.52. The van der Waals surface area contributed by atoms with Gasteiger partial charge in [-0.1, -0.05) is 38.0 Å². The molecule has 104 valence electrons. The van der Waals surface area contributed by atoms with Crippen molar-refractivity contribution in [2.45, 2.75) is 50.3 Å². The third-order valence-electron chi connectivity index (χ3n) is 4.08. The van der Waals surface area contributed by atoms with E-state index in [4.69, 9.17) is 0 Å². The van der Waals surface area contributed by atoms with Crippen LogP contribution in [0.5, 0.6) is 0 Å². The summed E-state index contributed by atoms with van der Waals surface area (Å²) in [4.78, 5) is 13.5. The Hall–Kier alpha value is -0.760. The minimum atomic E-state index is 0.297. The second-order valence-corrected chi connectivity index (χ2v) is 6.58. The second kappa shape index (κ2) is 7.74. The van der Waals surface area contributed by atoms with E-state index < -0.39 is 0 Å². The van der Waals surface area contributed by atoms with Crippen LogP contribution in [0.25, 0.3) is 0 Å². The average Bonchev–Trinajstić information content (AvgIpc) is 2.45. The van der Waals surface area contributed by atoms with Gasteiger partial charge in [0.1, 0.15) is 5.78 Å². The zero-order valence-electron chi connectivity index (χ0n) is 11.8. The van der Waals surface area contributed by atoms with Crippen molar-refractivity contribution in [3.05, 3.63) is 30.3 Å². The van der Waals surface area contributed by atoms with Crippen LogP contribution >= 0.6 is 11.8 Å². The second-order valence-electron chi connectivity index (χ2n) is 5.49. The summed E-state index contributed by atoms with van der Waals surface area (Å²) in [6.07, 6.45) is 6.92. The van der Waals surface area contributed by atoms with Crippen LogP contribution < -0.4 is 0 Å². The topological polar surface area (TPSA) is 17.1 Å². The first-order valence-corrected chi connectivity index (χ1v) is 8.50. The van der Waals surface area contributed by atoms with Gasteiger partial charge in [0.25, 0.3) is 0 Å². The van der Waals surface area contributed by atoms with Crippen molar-refractivity contribution in [2.24, 2.45) is 11.8 Å². The highest BCUT2D eigenvalue weighted by molar-refractivity contribution is 7.99. The molecule has 1 nitrogen and oxygen atoms in total. The van der Waals surface area contributed by atoms with Crippen molar-refractivity contribution in [3.63, 3.8) is 0 Å². The van der Waals surface area contributed by atoms with Crippen LogP contribution in [0.4, 0.5) is 0 Å². The van der Waals surface area contributed by atoms with E-state index in [9.17, 15) is 4.79 Å². The molecule has 0 amide bonds. The first kappa shape index (κ1) is 14.6. The summed E-state index contributed by atoms with van der Waals surface area (Å²) >= 11 is 1.85. The van der Waals surface area contributed by atoms with Gasteiger partial charge in [0.05, 0.1) is 0 Å². The summed E-state index contributed by atoms with van der Waals surface area (Å²) in [5.41, 5.74) is 0. The van der Waals surface area contributed by atoms with Crippen LogP contribution in [-0.2, 0) is 4.79 Å². The fraction of sp³-hybridized carbons (Fsp3) is 0.588. The van der Waals surface area contributed by atoms with E-state index >= 15 is 0 Å². The highest BCUT2D eigenvalue weighted by Crippen LogP contribution is 2.35. The van der Waals surface area contributed by atoms with E-state index in [1.165, 1.54) is 30.6 Å². The van der Waals surface area contributed by atoms with E-state index in [2.05, 4.69) is 31.2 Å². The standard InChI is InChI=1S/C17H24OS/c1-2-3-8-14-9-7-12-17(18)16(14)13-19-15-10-5-4-6-11-15/h4-6,10-11,14,16H,2-3,7-9,12-13H2,1H3/t14-,16-/m0/s1. The molecular formula is C17H24OS. The quantitative estimate of drug-likeness (QED) is 0.683. The van der Waals surface area contributed by atoms with E-state index in [1.807, 2.05) is 17.8 Å². The molecule has 19 heavy (non-hydrogen) atoms. The van der Waals surface area contributed by atoms with Gasteiger partial charge in [-0.05, 0) is 37.3 Å². The van der Waals surface area contributed by atoms with Crippen molar-refractivity contribution in [2.75, 3.05) is 5.75 Å². The molecule has 0 aromatic heterocycles. The fourth-order valence-corrected chi connectivity index (χ4v) is 4.11. The van der Waals surface area contributed by atoms with Crippen LogP contribution in [0.15, 0.2) is 35.2 Å². The first-order chi connectivity index (χ1) is 9.31. The predicted molar refractivity (Wildman–Crippen MR) is 82.5 cm³/mol. The van der Waals surface area contributed by atoms with Gasteiger partial charge in [0.2, 0.25) is 0 Å². The number of hydrogen-bond donors (Lipinski definition) is 0. The Kier molecular flexibility index (Phi) is 5.96. The molecule has 0 bridgehead atoms. The molecule has 1 aliphatic rings. The third kappa shape index (κ3) is 4.38. The normalized spacial score (nSPS) is 23.5. The van der Waals surface area contributed by atoms with Crippen LogP contribution in [-0.4, -0.2) is 11.5 Å². The maximum atomic E-state index is 12.2. The average molecular weight is 276 g/mol. The van der Waals surface area contributed by atoms with Crippen molar-refractivity contribution in [1.29, 1.82) is 0 Å². The predicted octanol–water partition coefficient (Wildman–Crippen LogP) is 4.95. The molecule has 2 heteroatoms. The molecule has 1 fully saturated rings. The number of Topliss-reactive ketones (excluding diaryl/α,β-unsaturated/α-hetero) is 1. The van der Waals surface area contributed by atoms with E-state index in [1.54, 1.807) is 0 Å². The van der Waals surface area contributed by atoms with Gasteiger partial charge in [-0.15, -0.1) is 11.8 Å². The van der Waals surface area contributed by atoms with Gasteiger partial charge in [-0.3, -0.25) is 4.79 Å². The van der Waals surface area contributed by atoms with Gasteiger partial charge >= 0.3 is 0 Å². The maximum Gasteiger partial charge on any atom is 0.137 e. The SMILES string of the molecule is CCCC[C@H]1CCCC(=O)[C@H]1CSc1ccccc1. The van der Waals surface area contributed by atoms with Gasteiger partial charge in [-0.25, -0.2) is 0 Å². The lowest BCUT2D eigenvalue weighted by molar-refractivity contribution is -0.125. The Morgan fingerprint density at radius 2 is 2.05 bits per heavy atom. The zero-order valence-corrected chi connectivity index (χ0v) is 12.6. The lowest BCUT2D eigenvalue weighted by atomic mass is 9.77. The van der Waals surface area contributed by atoms with Crippen LogP contribution in [0.1, 0.15) is 45.4 Å². The molecule has 0 saturated heterocycles. The summed E-state index contributed by atoms with van der Waals surface area (Å²) in [6, 6.07) is 10.5. The number of carbonyl (C=O) groups excluding carboxylic acids is 1. The van der Waals surface area contributed by atoms with E-state index in [-0.39, 0.29) is 0 Å². The number of carbonyl (C=O) groups is 1. The molecule has 2 rings (SSSR count). The van der Waals surface area contributed by atoms with Crippen LogP contribution in [0.3, 0.4) is 0 Å². The number of unbranched alkanes of at least 4 members (excludes halogenated alkanes) is 1. The summed E-state index contributed by atoms with van der Waals surface area (Å²) < 4.78 is 0. The molecule has 0 radical (unpaired) electrons. The number of hydrogen-bond acceptors (Lipinski definition) is 2. The van der Waals surface area contributed by atoms with Gasteiger partial charge in [0, 0.05) is 23.0 Å². The molecule has 0 unspecified atom stereocenters. The van der Waals surface area contributed by atoms with Gasteiger partial charge in [0.15, 0.2) is 0 Å². The molecular weight excluding hydrogens is 252 g/mol. The Morgan fingerprint density at radius 1 is 1.26 bits per heavy atom. The molecule has 0 aliphatic heterocycles. The molecule has 1 aliphatic carbocycles. The minimum absolute atomic E-state index is 0.297. The Labute approximate surface area is 121 Å². The minimum Gasteiger partial charge on any atom is -0.299 e. The van der Waals surface area contributed by atoms with Crippen LogP contribution in [0, 0.1) is 11.8 Å². The lowest BCUT2D eigenvalue weighted by Crippen LogP contribution is -2.30. The molecule has 1 aromatic rings. The largest absolute Gasteiger partial charge is 0.299 e. The fourth-order valence-electron chi connectivity index (χ4n) is 2.93. The number of ketones is 1. The lowest BCUT2D eigenvalue weighted by Gasteiger charge is -2.30. The highest BCUT2D eigenvalue weighted by atomic mass is 32.2. The molecule has 0 spiro atoms. The van der Waals surface area contributed by atoms with Crippen molar-refractivity contribution >= 4 is 17.5 Å². The Morgan fingerprint density at radius 3 is 2.79 bits per heavy atom. The van der Waals surface area contributed by atoms with E-state index in [0.717, 1.165) is 18.6 Å². The van der Waals surface area contributed by atoms with Crippen molar-refractivity contribution in [3.8, 4) is 0 Å². The highest BCUT2D eigenvalue weighted by Gasteiger charge is 2.31. The monoisotopic (exact) mass is 276 g/mol. The Balaban J connectivity index is 1.91. The molecule has 1 saturated carbocycles. The van der Waals surface area contributed by atoms with Gasteiger partial charge in [-0.2, -0.15) is 0 Å². The summed E-state index contributed by atoms with van der Waals surface area (Å²) in [6.45, 7) is 2.23. The zero-order chi connectivity index (χ0) is 13.5. The molecule has 1 aromatic carbocycles. The summed E-state index contributed by atoms with van der Waals surface area (Å²) in [5.74, 6) is 2.41. The maximum absolute atomic E-state index is 12.2. The van der Waals surface area contributed by atoms with Crippen molar-refractivity contribution < 1.29 is 4.79 Å². The number of thioether (sulfide) groups is 1. The summed E-state index contributed by atoms with van der Waals surface area (Å²) in [5, 5.41) is 0. The molecule has 0 heterocycles. The third-order valence-corrected chi connectivity index (χ3v) is 5.21. The van der Waals surface area contributed by atoms with Crippen LogP contribution in [0.2, 0.25) is 0 Å². The smallest absolute Gasteiger partial charge is 0.137 e. The molecule has 0 N–H and O–H groups in total. The van der Waals surface area contributed by atoms with Crippen molar-refractivity contribution in [1.82, 2.24) is 0 Å². The van der Waals surface area contributed by atoms with E-state index in [0.29, 0.717) is 17.6 Å². The Bertz CT molecular complexity index is 388. The number of benzene rings is 1. The number of rotatable bonds is 6.